The fraction of sp³-hybridized carbons (Fsp3) is 0.680. The van der Waals surface area contributed by atoms with Gasteiger partial charge in [0.15, 0.2) is 0 Å². The van der Waals surface area contributed by atoms with Crippen LogP contribution in [0.25, 0.3) is 5.65 Å². The summed E-state index contributed by atoms with van der Waals surface area (Å²) in [7, 11) is 0. The van der Waals surface area contributed by atoms with Gasteiger partial charge in [-0.2, -0.15) is 0 Å². The van der Waals surface area contributed by atoms with Gasteiger partial charge in [-0.1, -0.05) is 12.8 Å². The maximum Gasteiger partial charge on any atom is 0.270 e. The highest BCUT2D eigenvalue weighted by atomic mass is 16.5. The van der Waals surface area contributed by atoms with Crippen LogP contribution in [-0.4, -0.2) is 59.1 Å². The zero-order chi connectivity index (χ0) is 21.8. The van der Waals surface area contributed by atoms with Crippen LogP contribution in [0.4, 0.5) is 0 Å². The smallest absolute Gasteiger partial charge is 0.270 e. The quantitative estimate of drug-likeness (QED) is 0.727. The van der Waals surface area contributed by atoms with Crippen molar-refractivity contribution in [2.45, 2.75) is 65.3 Å². The van der Waals surface area contributed by atoms with Gasteiger partial charge in [0.05, 0.1) is 12.3 Å². The van der Waals surface area contributed by atoms with Crippen molar-refractivity contribution in [3.05, 3.63) is 35.3 Å². The number of hydrogen-bond acceptors (Lipinski definition) is 4. The SMILES string of the molecule is CCOC[C@@H]1CCCN(C[C@H]2CCCC[C@@H]2NC(=O)c2c(C)nc3cc(C)ccn23)C1. The van der Waals surface area contributed by atoms with Gasteiger partial charge in [-0.3, -0.25) is 9.20 Å². The maximum absolute atomic E-state index is 13.3. The lowest BCUT2D eigenvalue weighted by Crippen LogP contribution is -2.48. The van der Waals surface area contributed by atoms with E-state index in [1.165, 1.54) is 38.6 Å². The monoisotopic (exact) mass is 426 g/mol. The van der Waals surface area contributed by atoms with Crippen LogP contribution in [-0.2, 0) is 4.74 Å². The van der Waals surface area contributed by atoms with Gasteiger partial charge in [0, 0.05) is 31.9 Å². The molecule has 2 aliphatic rings. The predicted molar refractivity (Wildman–Crippen MR) is 124 cm³/mol. The van der Waals surface area contributed by atoms with Crippen LogP contribution in [0.2, 0.25) is 0 Å². The lowest BCUT2D eigenvalue weighted by molar-refractivity contribution is 0.0547. The highest BCUT2D eigenvalue weighted by molar-refractivity contribution is 5.94. The van der Waals surface area contributed by atoms with E-state index in [1.807, 2.05) is 29.7 Å². The van der Waals surface area contributed by atoms with Gasteiger partial charge >= 0.3 is 0 Å². The second kappa shape index (κ2) is 10.1. The van der Waals surface area contributed by atoms with E-state index in [0.29, 0.717) is 17.5 Å². The van der Waals surface area contributed by atoms with Gasteiger partial charge < -0.3 is 15.0 Å². The molecule has 0 bridgehead atoms. The van der Waals surface area contributed by atoms with E-state index in [4.69, 9.17) is 4.74 Å². The Morgan fingerprint density at radius 2 is 2.06 bits per heavy atom. The third-order valence-electron chi connectivity index (χ3n) is 7.05. The number of nitrogens with one attached hydrogen (secondary N) is 1. The Morgan fingerprint density at radius 3 is 2.90 bits per heavy atom. The number of aromatic nitrogens is 2. The highest BCUT2D eigenvalue weighted by Gasteiger charge is 2.31. The number of rotatable bonds is 7. The van der Waals surface area contributed by atoms with Gasteiger partial charge in [0.25, 0.3) is 5.91 Å². The van der Waals surface area contributed by atoms with Crippen molar-refractivity contribution in [1.82, 2.24) is 19.6 Å². The second-order valence-electron chi connectivity index (χ2n) is 9.53. The predicted octanol–water partition coefficient (Wildman–Crippen LogP) is 3.99. The Bertz CT molecular complexity index is 893. The number of fused-ring (bicyclic) bond motifs is 1. The molecule has 3 atom stereocenters. The van der Waals surface area contributed by atoms with Gasteiger partial charge in [-0.15, -0.1) is 0 Å². The molecule has 1 amide bonds. The number of imidazole rings is 1. The summed E-state index contributed by atoms with van der Waals surface area (Å²) in [6, 6.07) is 4.30. The van der Waals surface area contributed by atoms with E-state index in [-0.39, 0.29) is 11.9 Å². The van der Waals surface area contributed by atoms with Crippen molar-refractivity contribution in [2.75, 3.05) is 32.8 Å². The molecular formula is C25H38N4O2. The Balaban J connectivity index is 1.42. The molecule has 1 saturated heterocycles. The standard InChI is InChI=1S/C25H38N4O2/c1-4-31-17-20-8-7-12-28(15-20)16-21-9-5-6-10-22(21)27-25(30)24-19(3)26-23-14-18(2)11-13-29(23)24/h11,13-14,20-22H,4-10,12,15-17H2,1-3H3,(H,27,30)/t20-,21-,22+/m1/s1. The summed E-state index contributed by atoms with van der Waals surface area (Å²) >= 11 is 0. The van der Waals surface area contributed by atoms with Crippen molar-refractivity contribution in [3.63, 3.8) is 0 Å². The van der Waals surface area contributed by atoms with Crippen molar-refractivity contribution < 1.29 is 9.53 Å². The lowest BCUT2D eigenvalue weighted by Gasteiger charge is -2.39. The summed E-state index contributed by atoms with van der Waals surface area (Å²) in [6.07, 6.45) is 9.21. The first-order valence-electron chi connectivity index (χ1n) is 12.1. The third kappa shape index (κ3) is 5.29. The molecule has 2 aromatic rings. The number of carbonyl (C=O) groups excluding carboxylic acids is 1. The Morgan fingerprint density at radius 1 is 1.23 bits per heavy atom. The molecule has 6 heteroatoms. The summed E-state index contributed by atoms with van der Waals surface area (Å²) in [5.74, 6) is 1.18. The minimum atomic E-state index is 0.0126. The molecule has 2 fully saturated rings. The summed E-state index contributed by atoms with van der Waals surface area (Å²) in [5, 5.41) is 3.40. The summed E-state index contributed by atoms with van der Waals surface area (Å²) < 4.78 is 7.62. The zero-order valence-electron chi connectivity index (χ0n) is 19.4. The molecule has 0 aromatic carbocycles. The second-order valence-corrected chi connectivity index (χ2v) is 9.53. The number of piperidine rings is 1. The molecule has 170 valence electrons. The van der Waals surface area contributed by atoms with E-state index < -0.39 is 0 Å². The number of likely N-dealkylation sites (tertiary alicyclic amines) is 1. The van der Waals surface area contributed by atoms with Crippen LogP contribution >= 0.6 is 0 Å². The van der Waals surface area contributed by atoms with Crippen LogP contribution in [0.5, 0.6) is 0 Å². The van der Waals surface area contributed by atoms with Gasteiger partial charge in [0.2, 0.25) is 0 Å². The van der Waals surface area contributed by atoms with Gasteiger partial charge in [-0.05, 0) is 82.5 Å². The molecular weight excluding hydrogens is 388 g/mol. The van der Waals surface area contributed by atoms with Crippen LogP contribution in [0, 0.1) is 25.7 Å². The number of nitrogens with zero attached hydrogens (tertiary/aromatic N) is 3. The zero-order valence-corrected chi connectivity index (χ0v) is 19.4. The topological polar surface area (TPSA) is 58.9 Å². The van der Waals surface area contributed by atoms with E-state index in [1.54, 1.807) is 0 Å². The van der Waals surface area contributed by atoms with Crippen molar-refractivity contribution >= 4 is 11.6 Å². The third-order valence-corrected chi connectivity index (χ3v) is 7.05. The molecule has 31 heavy (non-hydrogen) atoms. The normalized spacial score (nSPS) is 25.1. The Hall–Kier alpha value is -1.92. The number of pyridine rings is 1. The fourth-order valence-corrected chi connectivity index (χ4v) is 5.46. The van der Waals surface area contributed by atoms with Crippen LogP contribution < -0.4 is 5.32 Å². The van der Waals surface area contributed by atoms with Crippen molar-refractivity contribution in [3.8, 4) is 0 Å². The average Bonchev–Trinajstić information content (AvgIpc) is 3.08. The number of amides is 1. The molecule has 1 N–H and O–H groups in total. The minimum Gasteiger partial charge on any atom is -0.381 e. The molecule has 3 heterocycles. The molecule has 4 rings (SSSR count). The molecule has 1 aliphatic heterocycles. The Kier molecular flexibility index (Phi) is 7.28. The first kappa shape index (κ1) is 22.3. The molecule has 2 aromatic heterocycles. The van der Waals surface area contributed by atoms with Crippen LogP contribution in [0.3, 0.4) is 0 Å². The van der Waals surface area contributed by atoms with Gasteiger partial charge in [-0.25, -0.2) is 4.98 Å². The number of carbonyl (C=O) groups is 1. The van der Waals surface area contributed by atoms with Crippen molar-refractivity contribution in [1.29, 1.82) is 0 Å². The largest absolute Gasteiger partial charge is 0.381 e. The van der Waals surface area contributed by atoms with E-state index in [2.05, 4.69) is 29.0 Å². The highest BCUT2D eigenvalue weighted by Crippen LogP contribution is 2.28. The number of ether oxygens (including phenoxy) is 1. The average molecular weight is 427 g/mol. The van der Waals surface area contributed by atoms with E-state index in [0.717, 1.165) is 49.6 Å². The molecule has 0 spiro atoms. The van der Waals surface area contributed by atoms with E-state index >= 15 is 0 Å². The fourth-order valence-electron chi connectivity index (χ4n) is 5.46. The minimum absolute atomic E-state index is 0.0126. The van der Waals surface area contributed by atoms with Crippen LogP contribution in [0.15, 0.2) is 18.3 Å². The first-order chi connectivity index (χ1) is 15.0. The summed E-state index contributed by atoms with van der Waals surface area (Å²) in [4.78, 5) is 20.5. The molecule has 6 nitrogen and oxygen atoms in total. The van der Waals surface area contributed by atoms with E-state index in [9.17, 15) is 4.79 Å². The lowest BCUT2D eigenvalue weighted by atomic mass is 9.83. The molecule has 0 unspecified atom stereocenters. The van der Waals surface area contributed by atoms with Crippen molar-refractivity contribution in [2.24, 2.45) is 11.8 Å². The first-order valence-corrected chi connectivity index (χ1v) is 12.1. The molecule has 1 aliphatic carbocycles. The Labute approximate surface area is 186 Å². The summed E-state index contributed by atoms with van der Waals surface area (Å²) in [5.41, 5.74) is 3.47. The number of aryl methyl sites for hydroxylation is 2. The maximum atomic E-state index is 13.3. The summed E-state index contributed by atoms with van der Waals surface area (Å²) in [6.45, 7) is 11.1. The van der Waals surface area contributed by atoms with Crippen LogP contribution in [0.1, 0.15) is 67.2 Å². The molecule has 0 radical (unpaired) electrons. The molecule has 1 saturated carbocycles. The van der Waals surface area contributed by atoms with Gasteiger partial charge in [0.1, 0.15) is 11.3 Å². The number of hydrogen-bond donors (Lipinski definition) is 1.